The minimum absolute atomic E-state index is 0.478. The van der Waals surface area contributed by atoms with Crippen LogP contribution in [0.25, 0.3) is 0 Å². The van der Waals surface area contributed by atoms with Crippen LogP contribution in [0.2, 0.25) is 0 Å². The number of nitriles is 1. The molecule has 1 heterocycles. The second kappa shape index (κ2) is 6.66. The summed E-state index contributed by atoms with van der Waals surface area (Å²) in [6.45, 7) is 0.507. The van der Waals surface area contributed by atoms with Gasteiger partial charge in [-0.2, -0.15) is 5.26 Å². The first-order chi connectivity index (χ1) is 9.31. The fourth-order valence-electron chi connectivity index (χ4n) is 1.59. The summed E-state index contributed by atoms with van der Waals surface area (Å²) in [6, 6.07) is 14.8. The van der Waals surface area contributed by atoms with E-state index in [2.05, 4.69) is 16.4 Å². The van der Waals surface area contributed by atoms with Crippen LogP contribution < -0.4 is 5.32 Å². The quantitative estimate of drug-likeness (QED) is 0.905. The summed E-state index contributed by atoms with van der Waals surface area (Å²) < 4.78 is 12.0. The molecule has 96 valence electrons. The van der Waals surface area contributed by atoms with Crippen LogP contribution in [0.3, 0.4) is 0 Å². The first-order valence-electron chi connectivity index (χ1n) is 5.83. The first-order valence-corrected chi connectivity index (χ1v) is 7.15. The fourth-order valence-corrected chi connectivity index (χ4v) is 2.57. The topological polar surface area (TPSA) is 65.8 Å². The predicted octanol–water partition coefficient (Wildman–Crippen LogP) is 2.17. The van der Waals surface area contributed by atoms with E-state index in [9.17, 15) is 4.21 Å². The van der Waals surface area contributed by atoms with Crippen molar-refractivity contribution in [3.05, 3.63) is 54.2 Å². The van der Waals surface area contributed by atoms with Crippen LogP contribution in [0.4, 0.5) is 5.82 Å². The largest absolute Gasteiger partial charge is 0.368 e. The maximum atomic E-state index is 12.0. The summed E-state index contributed by atoms with van der Waals surface area (Å²) in [7, 11) is -1.04. The molecule has 4 nitrogen and oxygen atoms in total. The molecular weight excluding hydrogens is 258 g/mol. The maximum Gasteiger partial charge on any atom is 0.143 e. The zero-order chi connectivity index (χ0) is 13.5. The standard InChI is InChI=1S/C14H13N3OS/c15-11-12-5-4-8-16-14(12)17-9-10-19(18)13-6-2-1-3-7-13/h1-8H,9-10H2,(H,16,17). The Hall–Kier alpha value is -2.19. The van der Waals surface area contributed by atoms with Crippen molar-refractivity contribution in [1.29, 1.82) is 5.26 Å². The molecule has 2 rings (SSSR count). The van der Waals surface area contributed by atoms with Gasteiger partial charge in [-0.05, 0) is 24.3 Å². The van der Waals surface area contributed by atoms with E-state index < -0.39 is 10.8 Å². The minimum atomic E-state index is -1.04. The van der Waals surface area contributed by atoms with Gasteiger partial charge in [-0.1, -0.05) is 18.2 Å². The Balaban J connectivity index is 1.91. The Kier molecular flexibility index (Phi) is 4.65. The van der Waals surface area contributed by atoms with Crippen molar-refractivity contribution in [2.24, 2.45) is 0 Å². The monoisotopic (exact) mass is 271 g/mol. The second-order valence-corrected chi connectivity index (χ2v) is 5.37. The minimum Gasteiger partial charge on any atom is -0.368 e. The lowest BCUT2D eigenvalue weighted by Gasteiger charge is -2.06. The van der Waals surface area contributed by atoms with E-state index in [4.69, 9.17) is 5.26 Å². The molecule has 5 heteroatoms. The Morgan fingerprint density at radius 3 is 2.74 bits per heavy atom. The lowest BCUT2D eigenvalue weighted by Crippen LogP contribution is -2.12. The van der Waals surface area contributed by atoms with Crippen molar-refractivity contribution in [3.8, 4) is 6.07 Å². The molecule has 0 saturated heterocycles. The van der Waals surface area contributed by atoms with Crippen LogP contribution in [0.1, 0.15) is 5.56 Å². The SMILES string of the molecule is N#Cc1cccnc1NCCS(=O)c1ccccc1. The van der Waals surface area contributed by atoms with E-state index >= 15 is 0 Å². The first kappa shape index (κ1) is 13.2. The van der Waals surface area contributed by atoms with Gasteiger partial charge >= 0.3 is 0 Å². The van der Waals surface area contributed by atoms with Gasteiger partial charge < -0.3 is 5.32 Å². The number of anilines is 1. The Morgan fingerprint density at radius 1 is 1.21 bits per heavy atom. The molecule has 0 aliphatic rings. The highest BCUT2D eigenvalue weighted by molar-refractivity contribution is 7.85. The van der Waals surface area contributed by atoms with Crippen molar-refractivity contribution in [2.45, 2.75) is 4.90 Å². The average Bonchev–Trinajstić information content (AvgIpc) is 2.48. The average molecular weight is 271 g/mol. The van der Waals surface area contributed by atoms with Gasteiger partial charge in [0.15, 0.2) is 0 Å². The number of hydrogen-bond acceptors (Lipinski definition) is 4. The highest BCUT2D eigenvalue weighted by atomic mass is 32.2. The second-order valence-electron chi connectivity index (χ2n) is 3.80. The molecule has 1 atom stereocenters. The third kappa shape index (κ3) is 3.63. The molecule has 2 aromatic rings. The Labute approximate surface area is 114 Å². The zero-order valence-electron chi connectivity index (χ0n) is 10.2. The van der Waals surface area contributed by atoms with Gasteiger partial charge in [0, 0.05) is 23.4 Å². The Bertz CT molecular complexity index is 608. The number of benzene rings is 1. The lowest BCUT2D eigenvalue weighted by molar-refractivity contribution is 0.683. The fraction of sp³-hybridized carbons (Fsp3) is 0.143. The van der Waals surface area contributed by atoms with Gasteiger partial charge in [-0.15, -0.1) is 0 Å². The van der Waals surface area contributed by atoms with Crippen molar-refractivity contribution >= 4 is 16.6 Å². The summed E-state index contributed by atoms with van der Waals surface area (Å²) in [5.41, 5.74) is 0.494. The summed E-state index contributed by atoms with van der Waals surface area (Å²) >= 11 is 0. The van der Waals surface area contributed by atoms with Gasteiger partial charge in [0.05, 0.1) is 16.4 Å². The molecule has 0 saturated carbocycles. The molecule has 1 N–H and O–H groups in total. The van der Waals surface area contributed by atoms with E-state index in [0.29, 0.717) is 23.7 Å². The van der Waals surface area contributed by atoms with Crippen molar-refractivity contribution in [3.63, 3.8) is 0 Å². The number of rotatable bonds is 5. The van der Waals surface area contributed by atoms with Gasteiger partial charge in [0.2, 0.25) is 0 Å². The molecule has 1 unspecified atom stereocenters. The van der Waals surface area contributed by atoms with E-state index in [0.717, 1.165) is 4.90 Å². The highest BCUT2D eigenvalue weighted by Gasteiger charge is 2.04. The van der Waals surface area contributed by atoms with E-state index in [1.165, 1.54) is 0 Å². The van der Waals surface area contributed by atoms with Crippen molar-refractivity contribution in [2.75, 3.05) is 17.6 Å². The smallest absolute Gasteiger partial charge is 0.143 e. The van der Waals surface area contributed by atoms with Gasteiger partial charge in [-0.3, -0.25) is 4.21 Å². The molecule has 1 aromatic carbocycles. The van der Waals surface area contributed by atoms with Gasteiger partial charge in [0.1, 0.15) is 11.9 Å². The summed E-state index contributed by atoms with van der Waals surface area (Å²) in [5.74, 6) is 1.01. The molecule has 19 heavy (non-hydrogen) atoms. The number of hydrogen-bond donors (Lipinski definition) is 1. The molecule has 0 radical (unpaired) electrons. The number of nitrogens with one attached hydrogen (secondary N) is 1. The molecule has 0 aliphatic heterocycles. The maximum absolute atomic E-state index is 12.0. The number of aromatic nitrogens is 1. The van der Waals surface area contributed by atoms with Crippen molar-refractivity contribution in [1.82, 2.24) is 4.98 Å². The predicted molar refractivity (Wildman–Crippen MR) is 75.2 cm³/mol. The Morgan fingerprint density at radius 2 is 2.00 bits per heavy atom. The van der Waals surface area contributed by atoms with Crippen LogP contribution in [-0.2, 0) is 10.8 Å². The van der Waals surface area contributed by atoms with E-state index in [1.54, 1.807) is 18.3 Å². The lowest BCUT2D eigenvalue weighted by atomic mass is 10.3. The summed E-state index contributed by atoms with van der Waals surface area (Å²) in [6.07, 6.45) is 1.62. The van der Waals surface area contributed by atoms with Crippen LogP contribution in [0.15, 0.2) is 53.6 Å². The third-order valence-electron chi connectivity index (χ3n) is 2.51. The van der Waals surface area contributed by atoms with E-state index in [-0.39, 0.29) is 0 Å². The van der Waals surface area contributed by atoms with Crippen molar-refractivity contribution < 1.29 is 4.21 Å². The summed E-state index contributed by atoms with van der Waals surface area (Å²) in [4.78, 5) is 4.90. The third-order valence-corrected chi connectivity index (χ3v) is 3.89. The molecule has 0 fully saturated rings. The molecule has 0 aliphatic carbocycles. The zero-order valence-corrected chi connectivity index (χ0v) is 11.1. The van der Waals surface area contributed by atoms with Gasteiger partial charge in [-0.25, -0.2) is 4.98 Å². The molecule has 0 bridgehead atoms. The highest BCUT2D eigenvalue weighted by Crippen LogP contribution is 2.10. The molecule has 0 amide bonds. The van der Waals surface area contributed by atoms with Gasteiger partial charge in [0.25, 0.3) is 0 Å². The molecular formula is C14H13N3OS. The van der Waals surface area contributed by atoms with Crippen LogP contribution in [0.5, 0.6) is 0 Å². The van der Waals surface area contributed by atoms with Crippen LogP contribution in [0, 0.1) is 11.3 Å². The normalized spacial score (nSPS) is 11.5. The van der Waals surface area contributed by atoms with Crippen LogP contribution in [-0.4, -0.2) is 21.5 Å². The molecule has 1 aromatic heterocycles. The van der Waals surface area contributed by atoms with Crippen LogP contribution >= 0.6 is 0 Å². The number of pyridine rings is 1. The summed E-state index contributed by atoms with van der Waals surface area (Å²) in [5, 5.41) is 12.0. The number of nitrogens with zero attached hydrogens (tertiary/aromatic N) is 2. The van der Waals surface area contributed by atoms with E-state index in [1.807, 2.05) is 30.3 Å². The molecule has 0 spiro atoms.